The van der Waals surface area contributed by atoms with Crippen molar-refractivity contribution in [1.29, 1.82) is 0 Å². The van der Waals surface area contributed by atoms with Crippen molar-refractivity contribution >= 4 is 28.2 Å². The highest BCUT2D eigenvalue weighted by Crippen LogP contribution is 2.19. The number of anilines is 1. The van der Waals surface area contributed by atoms with Crippen LogP contribution in [0.15, 0.2) is 23.6 Å². The molecule has 0 spiro atoms. The van der Waals surface area contributed by atoms with E-state index in [1.807, 2.05) is 32.0 Å². The van der Waals surface area contributed by atoms with E-state index in [-0.39, 0.29) is 18.3 Å². The zero-order chi connectivity index (χ0) is 15.4. The van der Waals surface area contributed by atoms with E-state index in [2.05, 4.69) is 10.3 Å². The Morgan fingerprint density at radius 3 is 2.71 bits per heavy atom. The molecule has 0 saturated carbocycles. The topological polar surface area (TPSA) is 68.3 Å². The Kier molecular flexibility index (Phi) is 4.70. The summed E-state index contributed by atoms with van der Waals surface area (Å²) in [6, 6.07) is 5.77. The standard InChI is InChI=1S/C15H16N2O3S/c1-9-4-5-13(10(2)6-9)20-7-14(19)17-15-16-12(8-21-15)11(3)18/h4-6,8H,7H2,1-3H3,(H,16,17,19). The van der Waals surface area contributed by atoms with Gasteiger partial charge in [0, 0.05) is 12.3 Å². The van der Waals surface area contributed by atoms with Crippen LogP contribution in [-0.4, -0.2) is 23.3 Å². The first kappa shape index (κ1) is 15.2. The van der Waals surface area contributed by atoms with Crippen LogP contribution in [-0.2, 0) is 4.79 Å². The Morgan fingerprint density at radius 1 is 1.33 bits per heavy atom. The number of benzene rings is 1. The number of hydrogen-bond donors (Lipinski definition) is 1. The fraction of sp³-hybridized carbons (Fsp3) is 0.267. The molecule has 0 aliphatic rings. The average Bonchev–Trinajstić information content (AvgIpc) is 2.86. The highest BCUT2D eigenvalue weighted by Gasteiger charge is 2.10. The summed E-state index contributed by atoms with van der Waals surface area (Å²) in [7, 11) is 0. The van der Waals surface area contributed by atoms with Crippen molar-refractivity contribution < 1.29 is 14.3 Å². The van der Waals surface area contributed by atoms with Gasteiger partial charge < -0.3 is 4.74 Å². The number of thiazole rings is 1. The summed E-state index contributed by atoms with van der Waals surface area (Å²) in [5, 5.41) is 4.62. The van der Waals surface area contributed by atoms with Crippen molar-refractivity contribution in [3.8, 4) is 5.75 Å². The molecule has 0 aliphatic carbocycles. The quantitative estimate of drug-likeness (QED) is 0.862. The minimum atomic E-state index is -0.306. The molecule has 0 fully saturated rings. The summed E-state index contributed by atoms with van der Waals surface area (Å²) in [6.45, 7) is 5.27. The first-order valence-corrected chi connectivity index (χ1v) is 7.30. The number of nitrogens with one attached hydrogen (secondary N) is 1. The van der Waals surface area contributed by atoms with Crippen molar-refractivity contribution in [2.45, 2.75) is 20.8 Å². The summed E-state index contributed by atoms with van der Waals surface area (Å²) in [6.07, 6.45) is 0. The van der Waals surface area contributed by atoms with Gasteiger partial charge in [0.25, 0.3) is 5.91 Å². The number of hydrogen-bond acceptors (Lipinski definition) is 5. The lowest BCUT2D eigenvalue weighted by Crippen LogP contribution is -2.20. The van der Waals surface area contributed by atoms with E-state index in [0.717, 1.165) is 11.1 Å². The smallest absolute Gasteiger partial charge is 0.264 e. The van der Waals surface area contributed by atoms with Gasteiger partial charge in [0.05, 0.1) is 0 Å². The average molecular weight is 304 g/mol. The van der Waals surface area contributed by atoms with Gasteiger partial charge in [-0.3, -0.25) is 14.9 Å². The molecule has 0 saturated heterocycles. The van der Waals surface area contributed by atoms with Crippen LogP contribution in [0.25, 0.3) is 0 Å². The van der Waals surface area contributed by atoms with Gasteiger partial charge in [-0.2, -0.15) is 0 Å². The fourth-order valence-corrected chi connectivity index (χ4v) is 2.52. The molecule has 0 bridgehead atoms. The fourth-order valence-electron chi connectivity index (χ4n) is 1.75. The first-order chi connectivity index (χ1) is 9.95. The Bertz CT molecular complexity index is 679. The minimum Gasteiger partial charge on any atom is -0.483 e. The van der Waals surface area contributed by atoms with Crippen LogP contribution < -0.4 is 10.1 Å². The number of ether oxygens (including phenoxy) is 1. The van der Waals surface area contributed by atoms with Crippen molar-refractivity contribution in [3.63, 3.8) is 0 Å². The molecule has 0 atom stereocenters. The second-order valence-electron chi connectivity index (χ2n) is 4.70. The molecule has 1 heterocycles. The summed E-state index contributed by atoms with van der Waals surface area (Å²) in [5.41, 5.74) is 2.48. The van der Waals surface area contributed by atoms with E-state index in [1.165, 1.54) is 18.3 Å². The third kappa shape index (κ3) is 4.13. The van der Waals surface area contributed by atoms with E-state index < -0.39 is 0 Å². The molecule has 0 aliphatic heterocycles. The Labute approximate surface area is 127 Å². The molecule has 0 unspecified atom stereocenters. The van der Waals surface area contributed by atoms with Gasteiger partial charge in [0.2, 0.25) is 0 Å². The summed E-state index contributed by atoms with van der Waals surface area (Å²) >= 11 is 1.21. The normalized spacial score (nSPS) is 10.2. The van der Waals surface area contributed by atoms with Gasteiger partial charge >= 0.3 is 0 Å². The number of rotatable bonds is 5. The summed E-state index contributed by atoms with van der Waals surface area (Å²) < 4.78 is 5.48. The van der Waals surface area contributed by atoms with Gasteiger partial charge in [-0.05, 0) is 25.5 Å². The molecule has 1 aromatic carbocycles. The van der Waals surface area contributed by atoms with Crippen LogP contribution in [0.5, 0.6) is 5.75 Å². The van der Waals surface area contributed by atoms with Gasteiger partial charge in [-0.1, -0.05) is 17.7 Å². The molecule has 5 nitrogen and oxygen atoms in total. The molecule has 21 heavy (non-hydrogen) atoms. The zero-order valence-corrected chi connectivity index (χ0v) is 12.9. The molecule has 0 radical (unpaired) electrons. The Morgan fingerprint density at radius 2 is 2.10 bits per heavy atom. The number of amides is 1. The maximum Gasteiger partial charge on any atom is 0.264 e. The predicted octanol–water partition coefficient (Wildman–Crippen LogP) is 2.98. The zero-order valence-electron chi connectivity index (χ0n) is 12.1. The molecule has 110 valence electrons. The lowest BCUT2D eigenvalue weighted by Gasteiger charge is -2.09. The Hall–Kier alpha value is -2.21. The molecule has 6 heteroatoms. The van der Waals surface area contributed by atoms with Crippen LogP contribution >= 0.6 is 11.3 Å². The van der Waals surface area contributed by atoms with Crippen molar-refractivity contribution in [2.75, 3.05) is 11.9 Å². The molecular formula is C15H16N2O3S. The second-order valence-corrected chi connectivity index (χ2v) is 5.56. The molecule has 2 aromatic rings. The molecule has 1 N–H and O–H groups in total. The number of nitrogens with zero attached hydrogens (tertiary/aromatic N) is 1. The first-order valence-electron chi connectivity index (χ1n) is 6.42. The third-order valence-corrected chi connectivity index (χ3v) is 3.56. The van der Waals surface area contributed by atoms with Crippen LogP contribution in [0.3, 0.4) is 0 Å². The van der Waals surface area contributed by atoms with Gasteiger partial charge in [-0.25, -0.2) is 4.98 Å². The van der Waals surface area contributed by atoms with E-state index in [4.69, 9.17) is 4.74 Å². The molecule has 2 rings (SSSR count). The van der Waals surface area contributed by atoms with Crippen molar-refractivity contribution in [1.82, 2.24) is 4.98 Å². The van der Waals surface area contributed by atoms with Gasteiger partial charge in [0.1, 0.15) is 11.4 Å². The van der Waals surface area contributed by atoms with Gasteiger partial charge in [-0.15, -0.1) is 11.3 Å². The lowest BCUT2D eigenvalue weighted by molar-refractivity contribution is -0.118. The number of carbonyl (C=O) groups is 2. The SMILES string of the molecule is CC(=O)c1csc(NC(=O)COc2ccc(C)cc2C)n1. The number of aromatic nitrogens is 1. The predicted molar refractivity (Wildman–Crippen MR) is 82.2 cm³/mol. The summed E-state index contributed by atoms with van der Waals surface area (Å²) in [5.74, 6) is 0.247. The van der Waals surface area contributed by atoms with E-state index in [9.17, 15) is 9.59 Å². The number of carbonyl (C=O) groups excluding carboxylic acids is 2. The molecule has 1 amide bonds. The van der Waals surface area contributed by atoms with Crippen LogP contribution in [0.4, 0.5) is 5.13 Å². The third-order valence-electron chi connectivity index (χ3n) is 2.80. The largest absolute Gasteiger partial charge is 0.483 e. The second kappa shape index (κ2) is 6.49. The van der Waals surface area contributed by atoms with Gasteiger partial charge in [0.15, 0.2) is 17.5 Å². The highest BCUT2D eigenvalue weighted by atomic mass is 32.1. The maximum absolute atomic E-state index is 11.8. The van der Waals surface area contributed by atoms with Crippen LogP contribution in [0, 0.1) is 13.8 Å². The lowest BCUT2D eigenvalue weighted by atomic mass is 10.1. The van der Waals surface area contributed by atoms with Crippen molar-refractivity contribution in [2.24, 2.45) is 0 Å². The minimum absolute atomic E-state index is 0.0983. The molecule has 1 aromatic heterocycles. The highest BCUT2D eigenvalue weighted by molar-refractivity contribution is 7.14. The molecular weight excluding hydrogens is 288 g/mol. The Balaban J connectivity index is 1.91. The monoisotopic (exact) mass is 304 g/mol. The van der Waals surface area contributed by atoms with Crippen LogP contribution in [0.1, 0.15) is 28.5 Å². The maximum atomic E-state index is 11.8. The number of aryl methyl sites for hydroxylation is 2. The number of Topliss-reactive ketones (excluding diaryl/α,β-unsaturated/α-hetero) is 1. The van der Waals surface area contributed by atoms with E-state index >= 15 is 0 Å². The van der Waals surface area contributed by atoms with Crippen LogP contribution in [0.2, 0.25) is 0 Å². The number of ketones is 1. The van der Waals surface area contributed by atoms with Crippen molar-refractivity contribution in [3.05, 3.63) is 40.4 Å². The summed E-state index contributed by atoms with van der Waals surface area (Å²) in [4.78, 5) is 26.9. The van der Waals surface area contributed by atoms with E-state index in [1.54, 1.807) is 5.38 Å². The van der Waals surface area contributed by atoms with E-state index in [0.29, 0.717) is 16.6 Å².